The molecule has 0 spiro atoms. The minimum atomic E-state index is -0.677. The molecule has 2 aromatic carbocycles. The summed E-state index contributed by atoms with van der Waals surface area (Å²) >= 11 is 1.99. The van der Waals surface area contributed by atoms with Gasteiger partial charge < -0.3 is 9.64 Å². The monoisotopic (exact) mass is 522 g/mol. The van der Waals surface area contributed by atoms with Crippen LogP contribution in [0, 0.1) is 9.39 Å². The predicted octanol–water partition coefficient (Wildman–Crippen LogP) is 3.02. The largest absolute Gasteiger partial charge is 0.497 e. The van der Waals surface area contributed by atoms with Crippen molar-refractivity contribution in [3.63, 3.8) is 0 Å². The van der Waals surface area contributed by atoms with Crippen LogP contribution in [0.2, 0.25) is 0 Å². The first kappa shape index (κ1) is 21.8. The van der Waals surface area contributed by atoms with Crippen molar-refractivity contribution in [2.75, 3.05) is 21.2 Å². The molecule has 0 aliphatic heterocycles. The van der Waals surface area contributed by atoms with E-state index < -0.39 is 17.1 Å². The molecule has 0 unspecified atom stereocenters. The molecule has 0 saturated carbocycles. The van der Waals surface area contributed by atoms with Gasteiger partial charge in [0.05, 0.1) is 25.7 Å². The standard InChI is InChI=1S/C21H20FIN4O3/c1-25(2)13-24-19-11-20(28)26(12-14-4-7-16(30-3)8-5-14)21(29)27(19)18-9-6-15(23)10-17(18)22/h4-11,13H,12H2,1-3H3/b24-13-. The molecule has 156 valence electrons. The van der Waals surface area contributed by atoms with Crippen LogP contribution < -0.4 is 16.0 Å². The number of methoxy groups -OCH3 is 1. The van der Waals surface area contributed by atoms with Crippen LogP contribution >= 0.6 is 22.6 Å². The SMILES string of the molecule is COc1ccc(Cn2c(=O)cc(/N=C\N(C)C)n(-c3ccc(I)cc3F)c2=O)cc1. The van der Waals surface area contributed by atoms with E-state index in [1.54, 1.807) is 56.4 Å². The molecule has 1 aromatic heterocycles. The molecule has 0 radical (unpaired) electrons. The van der Waals surface area contributed by atoms with Crippen molar-refractivity contribution >= 4 is 34.7 Å². The zero-order chi connectivity index (χ0) is 21.8. The first-order valence-electron chi connectivity index (χ1n) is 8.96. The zero-order valence-corrected chi connectivity index (χ0v) is 18.8. The van der Waals surface area contributed by atoms with Gasteiger partial charge in [0.15, 0.2) is 0 Å². The van der Waals surface area contributed by atoms with Gasteiger partial charge in [-0.2, -0.15) is 0 Å². The molecule has 30 heavy (non-hydrogen) atoms. The number of rotatable bonds is 6. The highest BCUT2D eigenvalue weighted by Crippen LogP contribution is 2.20. The van der Waals surface area contributed by atoms with Gasteiger partial charge in [0, 0.05) is 23.7 Å². The van der Waals surface area contributed by atoms with Gasteiger partial charge in [0.25, 0.3) is 5.56 Å². The van der Waals surface area contributed by atoms with Crippen LogP contribution in [0.15, 0.2) is 63.1 Å². The van der Waals surface area contributed by atoms with Gasteiger partial charge in [-0.3, -0.25) is 9.36 Å². The number of halogens is 2. The van der Waals surface area contributed by atoms with Crippen molar-refractivity contribution in [3.8, 4) is 11.4 Å². The molecule has 0 aliphatic carbocycles. The number of aliphatic imine (C=N–C) groups is 1. The maximum absolute atomic E-state index is 14.7. The van der Waals surface area contributed by atoms with E-state index in [1.165, 1.54) is 24.5 Å². The molecule has 0 atom stereocenters. The van der Waals surface area contributed by atoms with Crippen LogP contribution in [0.3, 0.4) is 0 Å². The van der Waals surface area contributed by atoms with Gasteiger partial charge in [0.2, 0.25) is 0 Å². The number of hydrogen-bond donors (Lipinski definition) is 0. The minimum absolute atomic E-state index is 0.0230. The van der Waals surface area contributed by atoms with Crippen molar-refractivity contribution in [2.45, 2.75) is 6.54 Å². The summed E-state index contributed by atoms with van der Waals surface area (Å²) in [6.07, 6.45) is 1.45. The lowest BCUT2D eigenvalue weighted by Crippen LogP contribution is -2.39. The van der Waals surface area contributed by atoms with E-state index in [0.29, 0.717) is 9.32 Å². The number of ether oxygens (including phenoxy) is 1. The van der Waals surface area contributed by atoms with E-state index in [4.69, 9.17) is 4.74 Å². The Balaban J connectivity index is 2.19. The second-order valence-electron chi connectivity index (χ2n) is 6.70. The molecule has 0 bridgehead atoms. The molecule has 0 fully saturated rings. The second kappa shape index (κ2) is 9.24. The maximum Gasteiger partial charge on any atom is 0.337 e. The zero-order valence-electron chi connectivity index (χ0n) is 16.7. The van der Waals surface area contributed by atoms with Crippen molar-refractivity contribution in [1.29, 1.82) is 0 Å². The Morgan fingerprint density at radius 1 is 1.13 bits per heavy atom. The number of nitrogens with zero attached hydrogens (tertiary/aromatic N) is 4. The van der Waals surface area contributed by atoms with Crippen LogP contribution in [0.25, 0.3) is 5.69 Å². The summed E-state index contributed by atoms with van der Waals surface area (Å²) in [6, 6.07) is 12.7. The molecule has 0 N–H and O–H groups in total. The average Bonchev–Trinajstić information content (AvgIpc) is 2.71. The quantitative estimate of drug-likeness (QED) is 0.284. The molecule has 7 nitrogen and oxygen atoms in total. The van der Waals surface area contributed by atoms with Crippen LogP contribution in [0.5, 0.6) is 5.75 Å². The number of benzene rings is 2. The molecule has 3 aromatic rings. The summed E-state index contributed by atoms with van der Waals surface area (Å²) in [4.78, 5) is 31.8. The smallest absolute Gasteiger partial charge is 0.337 e. The fraction of sp³-hybridized carbons (Fsp3) is 0.190. The summed E-state index contributed by atoms with van der Waals surface area (Å²) in [5.74, 6) is 0.127. The summed E-state index contributed by atoms with van der Waals surface area (Å²) < 4.78 is 22.7. The lowest BCUT2D eigenvalue weighted by molar-refractivity contribution is 0.414. The van der Waals surface area contributed by atoms with E-state index >= 15 is 0 Å². The van der Waals surface area contributed by atoms with Crippen LogP contribution in [-0.2, 0) is 6.54 Å². The van der Waals surface area contributed by atoms with Gasteiger partial charge in [-0.25, -0.2) is 18.7 Å². The lowest BCUT2D eigenvalue weighted by atomic mass is 10.2. The Bertz CT molecular complexity index is 1200. The second-order valence-corrected chi connectivity index (χ2v) is 7.94. The van der Waals surface area contributed by atoms with Crippen molar-refractivity contribution in [1.82, 2.24) is 14.0 Å². The average molecular weight is 522 g/mol. The fourth-order valence-electron chi connectivity index (χ4n) is 2.78. The maximum atomic E-state index is 14.7. The highest BCUT2D eigenvalue weighted by atomic mass is 127. The summed E-state index contributed by atoms with van der Waals surface area (Å²) in [5, 5.41) is 0. The summed E-state index contributed by atoms with van der Waals surface area (Å²) in [7, 11) is 5.06. The van der Waals surface area contributed by atoms with E-state index in [2.05, 4.69) is 4.99 Å². The fourth-order valence-corrected chi connectivity index (χ4v) is 3.24. The van der Waals surface area contributed by atoms with E-state index in [9.17, 15) is 14.0 Å². The Labute approximate surface area is 186 Å². The normalized spacial score (nSPS) is 11.1. The molecule has 0 amide bonds. The van der Waals surface area contributed by atoms with E-state index in [0.717, 1.165) is 14.7 Å². The molecular formula is C21H20FIN4O3. The third-order valence-electron chi connectivity index (χ3n) is 4.24. The minimum Gasteiger partial charge on any atom is -0.497 e. The highest BCUT2D eigenvalue weighted by molar-refractivity contribution is 14.1. The summed E-state index contributed by atoms with van der Waals surface area (Å²) in [5.41, 5.74) is -0.447. The topological polar surface area (TPSA) is 68.8 Å². The lowest BCUT2D eigenvalue weighted by Gasteiger charge is -2.14. The van der Waals surface area contributed by atoms with Crippen LogP contribution in [0.4, 0.5) is 10.2 Å². The predicted molar refractivity (Wildman–Crippen MR) is 123 cm³/mol. The van der Waals surface area contributed by atoms with Gasteiger partial charge in [-0.15, -0.1) is 0 Å². The summed E-state index contributed by atoms with van der Waals surface area (Å²) in [6.45, 7) is 0.0331. The Morgan fingerprint density at radius 2 is 1.83 bits per heavy atom. The Kier molecular flexibility index (Phi) is 6.70. The van der Waals surface area contributed by atoms with Crippen molar-refractivity contribution in [2.24, 2.45) is 4.99 Å². The van der Waals surface area contributed by atoms with E-state index in [-0.39, 0.29) is 18.1 Å². The molecular weight excluding hydrogens is 502 g/mol. The van der Waals surface area contributed by atoms with E-state index in [1.807, 2.05) is 22.6 Å². The Morgan fingerprint density at radius 3 is 2.43 bits per heavy atom. The molecule has 9 heteroatoms. The highest BCUT2D eigenvalue weighted by Gasteiger charge is 2.16. The van der Waals surface area contributed by atoms with Crippen molar-refractivity contribution < 1.29 is 9.13 Å². The first-order valence-corrected chi connectivity index (χ1v) is 10.0. The molecule has 1 heterocycles. The van der Waals surface area contributed by atoms with Gasteiger partial charge in [0.1, 0.15) is 17.4 Å². The molecule has 0 saturated heterocycles. The molecule has 3 rings (SSSR count). The van der Waals surface area contributed by atoms with Gasteiger partial charge in [-0.1, -0.05) is 12.1 Å². The number of hydrogen-bond acceptors (Lipinski definition) is 4. The number of aromatic nitrogens is 2. The van der Waals surface area contributed by atoms with Gasteiger partial charge >= 0.3 is 5.69 Å². The van der Waals surface area contributed by atoms with Crippen LogP contribution in [-0.4, -0.2) is 41.6 Å². The van der Waals surface area contributed by atoms with Crippen molar-refractivity contribution in [3.05, 3.63) is 84.3 Å². The molecule has 0 aliphatic rings. The third-order valence-corrected chi connectivity index (χ3v) is 4.91. The van der Waals surface area contributed by atoms with Crippen LogP contribution in [0.1, 0.15) is 5.56 Å². The first-order chi connectivity index (χ1) is 14.3. The Hall–Kier alpha value is -2.95. The van der Waals surface area contributed by atoms with Gasteiger partial charge in [-0.05, 0) is 58.5 Å². The third kappa shape index (κ3) is 4.78.